The van der Waals surface area contributed by atoms with Crippen molar-refractivity contribution in [1.29, 1.82) is 0 Å². The third kappa shape index (κ3) is 2.97. The zero-order valence-electron chi connectivity index (χ0n) is 13.7. The zero-order chi connectivity index (χ0) is 16.5. The van der Waals surface area contributed by atoms with E-state index in [4.69, 9.17) is 0 Å². The van der Waals surface area contributed by atoms with Crippen LogP contribution in [-0.4, -0.2) is 37.0 Å². The van der Waals surface area contributed by atoms with Crippen LogP contribution < -0.4 is 5.32 Å². The fraction of sp³-hybridized carbons (Fsp3) is 0.389. The molecule has 0 radical (unpaired) electrons. The Kier molecular flexibility index (Phi) is 3.90. The van der Waals surface area contributed by atoms with Gasteiger partial charge in [0.25, 0.3) is 0 Å². The molecule has 0 unspecified atom stereocenters. The Morgan fingerprint density at radius 2 is 2.00 bits per heavy atom. The second kappa shape index (κ2) is 6.20. The fourth-order valence-electron chi connectivity index (χ4n) is 3.25. The molecule has 1 aliphatic rings. The van der Waals surface area contributed by atoms with Crippen LogP contribution in [0.4, 0.5) is 5.95 Å². The van der Waals surface area contributed by atoms with E-state index in [1.54, 1.807) is 6.20 Å². The summed E-state index contributed by atoms with van der Waals surface area (Å²) >= 11 is 0. The predicted molar refractivity (Wildman–Crippen MR) is 93.3 cm³/mol. The van der Waals surface area contributed by atoms with Gasteiger partial charge in [-0.1, -0.05) is 12.1 Å². The van der Waals surface area contributed by atoms with E-state index < -0.39 is 0 Å². The van der Waals surface area contributed by atoms with Crippen molar-refractivity contribution in [1.82, 2.24) is 19.7 Å². The number of nitrogens with zero attached hydrogens (tertiary/aromatic N) is 4. The Bertz CT molecular complexity index is 851. The van der Waals surface area contributed by atoms with Gasteiger partial charge in [0.15, 0.2) is 5.82 Å². The molecule has 2 heterocycles. The minimum Gasteiger partial charge on any atom is -0.393 e. The number of benzene rings is 1. The number of aliphatic hydroxyl groups is 1. The molecule has 6 nitrogen and oxygen atoms in total. The molecule has 2 aromatic heterocycles. The van der Waals surface area contributed by atoms with Gasteiger partial charge >= 0.3 is 0 Å². The summed E-state index contributed by atoms with van der Waals surface area (Å²) in [6, 6.07) is 8.45. The van der Waals surface area contributed by atoms with Crippen LogP contribution in [0.5, 0.6) is 0 Å². The van der Waals surface area contributed by atoms with E-state index in [0.717, 1.165) is 42.4 Å². The van der Waals surface area contributed by atoms with E-state index in [9.17, 15) is 5.11 Å². The molecular formula is C18H21N5O. The molecule has 4 rings (SSSR count). The van der Waals surface area contributed by atoms with Crippen molar-refractivity contribution in [3.63, 3.8) is 0 Å². The first-order valence-electron chi connectivity index (χ1n) is 8.41. The van der Waals surface area contributed by atoms with Gasteiger partial charge in [0.2, 0.25) is 5.95 Å². The zero-order valence-corrected chi connectivity index (χ0v) is 13.7. The van der Waals surface area contributed by atoms with Crippen LogP contribution in [0.1, 0.15) is 31.2 Å². The first-order valence-corrected chi connectivity index (χ1v) is 8.41. The summed E-state index contributed by atoms with van der Waals surface area (Å²) in [5.41, 5.74) is 2.23. The summed E-state index contributed by atoms with van der Waals surface area (Å²) in [5, 5.41) is 18.6. The van der Waals surface area contributed by atoms with Gasteiger partial charge in [-0.15, -0.1) is 0 Å². The number of rotatable bonds is 3. The highest BCUT2D eigenvalue weighted by molar-refractivity contribution is 5.80. The Morgan fingerprint density at radius 3 is 2.83 bits per heavy atom. The molecule has 6 heteroatoms. The van der Waals surface area contributed by atoms with Crippen molar-refractivity contribution in [3.05, 3.63) is 42.2 Å². The molecule has 0 saturated heterocycles. The molecule has 1 fully saturated rings. The molecule has 24 heavy (non-hydrogen) atoms. The fourth-order valence-corrected chi connectivity index (χ4v) is 3.25. The van der Waals surface area contributed by atoms with Crippen molar-refractivity contribution in [2.75, 3.05) is 5.32 Å². The molecule has 0 spiro atoms. The summed E-state index contributed by atoms with van der Waals surface area (Å²) < 4.78 is 1.85. The Morgan fingerprint density at radius 1 is 1.17 bits per heavy atom. The standard InChI is InChI=1S/C18H21N5O/c1-12-2-3-13-11-20-23(16(13)10-12)17-8-9-19-18(22-17)21-14-4-6-15(24)7-5-14/h2-3,8-11,14-15,24H,4-7H2,1H3,(H,19,21,22). The molecule has 124 valence electrons. The normalized spacial score (nSPS) is 21.1. The summed E-state index contributed by atoms with van der Waals surface area (Å²) in [6.07, 6.45) is 7.00. The number of fused-ring (bicyclic) bond motifs is 1. The molecule has 0 aliphatic heterocycles. The second-order valence-electron chi connectivity index (χ2n) is 6.51. The molecule has 0 bridgehead atoms. The number of aryl methyl sites for hydroxylation is 1. The summed E-state index contributed by atoms with van der Waals surface area (Å²) in [7, 11) is 0. The van der Waals surface area contributed by atoms with Crippen molar-refractivity contribution in [2.45, 2.75) is 44.8 Å². The number of anilines is 1. The SMILES string of the molecule is Cc1ccc2cnn(-c3ccnc(NC4CCC(O)CC4)n3)c2c1. The van der Waals surface area contributed by atoms with Crippen LogP contribution >= 0.6 is 0 Å². The van der Waals surface area contributed by atoms with E-state index in [2.05, 4.69) is 45.5 Å². The van der Waals surface area contributed by atoms with Crippen molar-refractivity contribution >= 4 is 16.9 Å². The highest BCUT2D eigenvalue weighted by Gasteiger charge is 2.20. The first kappa shape index (κ1) is 15.1. The summed E-state index contributed by atoms with van der Waals surface area (Å²) in [5.74, 6) is 1.37. The highest BCUT2D eigenvalue weighted by atomic mass is 16.3. The quantitative estimate of drug-likeness (QED) is 0.775. The lowest BCUT2D eigenvalue weighted by Gasteiger charge is -2.26. The van der Waals surface area contributed by atoms with Gasteiger partial charge in [-0.3, -0.25) is 0 Å². The van der Waals surface area contributed by atoms with Crippen molar-refractivity contribution in [2.24, 2.45) is 0 Å². The molecule has 1 aliphatic carbocycles. The van der Waals surface area contributed by atoms with Crippen molar-refractivity contribution < 1.29 is 5.11 Å². The summed E-state index contributed by atoms with van der Waals surface area (Å²) in [6.45, 7) is 2.07. The smallest absolute Gasteiger partial charge is 0.224 e. The van der Waals surface area contributed by atoms with Crippen LogP contribution in [0.3, 0.4) is 0 Å². The number of hydrogen-bond donors (Lipinski definition) is 2. The predicted octanol–water partition coefficient (Wildman–Crippen LogP) is 2.84. The molecule has 2 N–H and O–H groups in total. The van der Waals surface area contributed by atoms with E-state index in [1.807, 2.05) is 16.9 Å². The monoisotopic (exact) mass is 323 g/mol. The second-order valence-corrected chi connectivity index (χ2v) is 6.51. The molecule has 3 aromatic rings. The third-order valence-corrected chi connectivity index (χ3v) is 4.61. The van der Waals surface area contributed by atoms with E-state index in [1.165, 1.54) is 5.56 Å². The summed E-state index contributed by atoms with van der Waals surface area (Å²) in [4.78, 5) is 8.96. The molecule has 0 atom stereocenters. The molecular weight excluding hydrogens is 302 g/mol. The van der Waals surface area contributed by atoms with Gasteiger partial charge in [0.1, 0.15) is 0 Å². The average molecular weight is 323 g/mol. The van der Waals surface area contributed by atoms with Gasteiger partial charge in [-0.25, -0.2) is 9.67 Å². The molecule has 1 saturated carbocycles. The van der Waals surface area contributed by atoms with Crippen LogP contribution in [0.15, 0.2) is 36.7 Å². The lowest BCUT2D eigenvalue weighted by atomic mass is 9.93. The van der Waals surface area contributed by atoms with Gasteiger partial charge < -0.3 is 10.4 Å². The average Bonchev–Trinajstić information content (AvgIpc) is 3.00. The van der Waals surface area contributed by atoms with Crippen LogP contribution in [0.2, 0.25) is 0 Å². The van der Waals surface area contributed by atoms with Gasteiger partial charge in [-0.05, 0) is 44.2 Å². The minimum atomic E-state index is -0.158. The largest absolute Gasteiger partial charge is 0.393 e. The topological polar surface area (TPSA) is 75.9 Å². The van der Waals surface area contributed by atoms with Gasteiger partial charge in [0, 0.05) is 23.7 Å². The van der Waals surface area contributed by atoms with E-state index in [-0.39, 0.29) is 6.10 Å². The van der Waals surface area contributed by atoms with Crippen LogP contribution in [-0.2, 0) is 0 Å². The van der Waals surface area contributed by atoms with E-state index >= 15 is 0 Å². The maximum absolute atomic E-state index is 9.61. The van der Waals surface area contributed by atoms with Crippen LogP contribution in [0, 0.1) is 6.92 Å². The maximum atomic E-state index is 9.61. The van der Waals surface area contributed by atoms with Gasteiger partial charge in [0.05, 0.1) is 17.8 Å². The number of nitrogens with one attached hydrogen (secondary N) is 1. The van der Waals surface area contributed by atoms with Crippen molar-refractivity contribution in [3.8, 4) is 5.82 Å². The lowest BCUT2D eigenvalue weighted by molar-refractivity contribution is 0.126. The Balaban J connectivity index is 1.61. The molecule has 1 aromatic carbocycles. The van der Waals surface area contributed by atoms with Crippen LogP contribution in [0.25, 0.3) is 16.7 Å². The number of aromatic nitrogens is 4. The molecule has 0 amide bonds. The Hall–Kier alpha value is -2.47. The number of aliphatic hydroxyl groups excluding tert-OH is 1. The lowest BCUT2D eigenvalue weighted by Crippen LogP contribution is -2.29. The van der Waals surface area contributed by atoms with E-state index in [0.29, 0.717) is 12.0 Å². The highest BCUT2D eigenvalue weighted by Crippen LogP contribution is 2.22. The number of hydrogen-bond acceptors (Lipinski definition) is 5. The third-order valence-electron chi connectivity index (χ3n) is 4.61. The van der Waals surface area contributed by atoms with Gasteiger partial charge in [-0.2, -0.15) is 10.1 Å². The Labute approximate surface area is 140 Å². The first-order chi connectivity index (χ1) is 11.7. The maximum Gasteiger partial charge on any atom is 0.224 e. The minimum absolute atomic E-state index is 0.158.